The summed E-state index contributed by atoms with van der Waals surface area (Å²) in [6.45, 7) is 4.05. The number of benzene rings is 1. The number of ether oxygens (including phenoxy) is 1. The minimum Gasteiger partial charge on any atom is -0.503 e. The quantitative estimate of drug-likeness (QED) is 0.853. The average Bonchev–Trinajstić information content (AvgIpc) is 2.59. The van der Waals surface area contributed by atoms with Crippen molar-refractivity contribution in [3.63, 3.8) is 0 Å². The van der Waals surface area contributed by atoms with Crippen LogP contribution >= 0.6 is 11.6 Å². The van der Waals surface area contributed by atoms with Crippen LogP contribution in [0.4, 0.5) is 0 Å². The zero-order chi connectivity index (χ0) is 18.0. The van der Waals surface area contributed by atoms with E-state index < -0.39 is 0 Å². The van der Waals surface area contributed by atoms with E-state index in [-0.39, 0.29) is 16.3 Å². The summed E-state index contributed by atoms with van der Waals surface area (Å²) in [5.74, 6) is 1.07. The summed E-state index contributed by atoms with van der Waals surface area (Å²) in [6.07, 6.45) is 2.49. The van der Waals surface area contributed by atoms with Gasteiger partial charge in [0.15, 0.2) is 11.5 Å². The normalized spacial score (nSPS) is 14.4. The van der Waals surface area contributed by atoms with Crippen molar-refractivity contribution in [3.05, 3.63) is 50.2 Å². The number of H-pyrrole nitrogens is 1. The molecule has 0 spiro atoms. The van der Waals surface area contributed by atoms with E-state index >= 15 is 0 Å². The Labute approximate surface area is 151 Å². The number of methoxy groups -OCH3 is 1. The van der Waals surface area contributed by atoms with Crippen LogP contribution in [0.15, 0.2) is 16.9 Å². The fourth-order valence-corrected chi connectivity index (χ4v) is 3.39. The topological polar surface area (TPSA) is 78.5 Å². The molecule has 6 nitrogen and oxygen atoms in total. The summed E-state index contributed by atoms with van der Waals surface area (Å²) in [5.41, 5.74) is 2.53. The van der Waals surface area contributed by atoms with Crippen LogP contribution in [-0.4, -0.2) is 33.6 Å². The fraction of sp³-hybridized carbons (Fsp3) is 0.444. The molecule has 0 aliphatic carbocycles. The zero-order valence-corrected chi connectivity index (χ0v) is 15.2. The monoisotopic (exact) mass is 363 g/mol. The second-order valence-electron chi connectivity index (χ2n) is 6.28. The van der Waals surface area contributed by atoms with Gasteiger partial charge < -0.3 is 14.8 Å². The van der Waals surface area contributed by atoms with E-state index in [2.05, 4.69) is 21.8 Å². The molecule has 0 saturated carbocycles. The second-order valence-corrected chi connectivity index (χ2v) is 6.68. The Morgan fingerprint density at radius 2 is 2.24 bits per heavy atom. The van der Waals surface area contributed by atoms with E-state index in [1.165, 1.54) is 7.11 Å². The first-order chi connectivity index (χ1) is 12.0. The van der Waals surface area contributed by atoms with Crippen molar-refractivity contribution in [2.24, 2.45) is 0 Å². The first-order valence-electron chi connectivity index (χ1n) is 8.40. The van der Waals surface area contributed by atoms with Crippen molar-refractivity contribution >= 4 is 11.6 Å². The highest BCUT2D eigenvalue weighted by molar-refractivity contribution is 6.32. The minimum atomic E-state index is -0.0546. The maximum Gasteiger partial charge on any atom is 0.255 e. The lowest BCUT2D eigenvalue weighted by molar-refractivity contribution is 0.241. The molecule has 0 saturated heterocycles. The van der Waals surface area contributed by atoms with Crippen LogP contribution in [0, 0.1) is 0 Å². The number of aromatic hydroxyl groups is 1. The molecule has 1 aliphatic rings. The third kappa shape index (κ3) is 3.80. The van der Waals surface area contributed by atoms with Crippen molar-refractivity contribution in [1.82, 2.24) is 14.9 Å². The number of aromatic amines is 1. The molecule has 0 bridgehead atoms. The van der Waals surface area contributed by atoms with Crippen molar-refractivity contribution in [2.75, 3.05) is 13.7 Å². The number of hydrogen-bond donors (Lipinski definition) is 2. The molecule has 0 unspecified atom stereocenters. The van der Waals surface area contributed by atoms with Crippen LogP contribution in [0.3, 0.4) is 0 Å². The van der Waals surface area contributed by atoms with Gasteiger partial charge in [-0.2, -0.15) is 0 Å². The van der Waals surface area contributed by atoms with E-state index in [0.717, 1.165) is 48.5 Å². The summed E-state index contributed by atoms with van der Waals surface area (Å²) in [4.78, 5) is 22.0. The number of aryl methyl sites for hydroxylation is 1. The maximum atomic E-state index is 12.4. The Bertz CT molecular complexity index is 835. The summed E-state index contributed by atoms with van der Waals surface area (Å²) in [7, 11) is 1.49. The van der Waals surface area contributed by atoms with Gasteiger partial charge in [0.2, 0.25) is 0 Å². The van der Waals surface area contributed by atoms with E-state index in [1.807, 2.05) is 0 Å². The lowest BCUT2D eigenvalue weighted by Gasteiger charge is -2.28. The van der Waals surface area contributed by atoms with Crippen LogP contribution in [-0.2, 0) is 25.9 Å². The van der Waals surface area contributed by atoms with Gasteiger partial charge in [-0.15, -0.1) is 0 Å². The van der Waals surface area contributed by atoms with Gasteiger partial charge in [0.1, 0.15) is 5.82 Å². The molecule has 1 aliphatic heterocycles. The number of fused-ring (bicyclic) bond motifs is 1. The molecule has 0 radical (unpaired) electrons. The van der Waals surface area contributed by atoms with E-state index in [0.29, 0.717) is 18.8 Å². The molecular formula is C18H22ClN3O3. The largest absolute Gasteiger partial charge is 0.503 e. The Hall–Kier alpha value is -2.05. The molecule has 0 amide bonds. The van der Waals surface area contributed by atoms with Gasteiger partial charge in [-0.05, 0) is 24.1 Å². The molecular weight excluding hydrogens is 342 g/mol. The number of hydrogen-bond acceptors (Lipinski definition) is 5. The Morgan fingerprint density at radius 1 is 1.44 bits per heavy atom. The van der Waals surface area contributed by atoms with Crippen LogP contribution in [0.1, 0.15) is 36.0 Å². The standard InChI is InChI=1S/C18H22ClN3O3/c1-3-4-16-20-14-5-6-22(10-12(14)18(24)21-16)9-11-7-13(19)17(23)15(8-11)25-2/h7-8,23H,3-6,9-10H2,1-2H3,(H,20,21,24). The number of phenolic OH excluding ortho intramolecular Hbond substituents is 1. The number of phenols is 1. The minimum absolute atomic E-state index is 0.0422. The Morgan fingerprint density at radius 3 is 2.96 bits per heavy atom. The number of rotatable bonds is 5. The second kappa shape index (κ2) is 7.45. The molecule has 1 aromatic carbocycles. The molecule has 2 heterocycles. The van der Waals surface area contributed by atoms with E-state index in [4.69, 9.17) is 16.3 Å². The third-order valence-electron chi connectivity index (χ3n) is 4.40. The molecule has 2 N–H and O–H groups in total. The van der Waals surface area contributed by atoms with Gasteiger partial charge in [-0.1, -0.05) is 18.5 Å². The molecule has 0 atom stereocenters. The lowest BCUT2D eigenvalue weighted by atomic mass is 10.1. The number of aromatic nitrogens is 2. The van der Waals surface area contributed by atoms with Gasteiger partial charge in [-0.25, -0.2) is 4.98 Å². The van der Waals surface area contributed by atoms with Crippen LogP contribution in [0.5, 0.6) is 11.5 Å². The number of halogens is 1. The van der Waals surface area contributed by atoms with Gasteiger partial charge in [0, 0.05) is 32.5 Å². The van der Waals surface area contributed by atoms with Crippen molar-refractivity contribution < 1.29 is 9.84 Å². The highest BCUT2D eigenvalue weighted by Crippen LogP contribution is 2.35. The van der Waals surface area contributed by atoms with Crippen LogP contribution in [0.25, 0.3) is 0 Å². The molecule has 0 fully saturated rings. The predicted molar refractivity (Wildman–Crippen MR) is 96.3 cm³/mol. The smallest absolute Gasteiger partial charge is 0.255 e. The summed E-state index contributed by atoms with van der Waals surface area (Å²) in [5, 5.41) is 10.1. The van der Waals surface area contributed by atoms with Crippen molar-refractivity contribution in [3.8, 4) is 11.5 Å². The van der Waals surface area contributed by atoms with Gasteiger partial charge in [0.05, 0.1) is 23.4 Å². The Kier molecular flexibility index (Phi) is 5.30. The van der Waals surface area contributed by atoms with Gasteiger partial charge >= 0.3 is 0 Å². The molecule has 2 aromatic rings. The molecule has 25 heavy (non-hydrogen) atoms. The maximum absolute atomic E-state index is 12.4. The molecule has 3 rings (SSSR count). The highest BCUT2D eigenvalue weighted by atomic mass is 35.5. The van der Waals surface area contributed by atoms with Gasteiger partial charge in [0.25, 0.3) is 5.56 Å². The van der Waals surface area contributed by atoms with Crippen LogP contribution in [0.2, 0.25) is 5.02 Å². The molecule has 7 heteroatoms. The first-order valence-corrected chi connectivity index (χ1v) is 8.78. The fourth-order valence-electron chi connectivity index (χ4n) is 3.15. The average molecular weight is 364 g/mol. The van der Waals surface area contributed by atoms with Crippen LogP contribution < -0.4 is 10.3 Å². The van der Waals surface area contributed by atoms with Crippen molar-refractivity contribution in [2.45, 2.75) is 39.3 Å². The van der Waals surface area contributed by atoms with Gasteiger partial charge in [-0.3, -0.25) is 9.69 Å². The SMILES string of the molecule is CCCc1nc2c(c(=O)[nH]1)CN(Cc1cc(Cl)c(O)c(OC)c1)CC2. The number of nitrogens with one attached hydrogen (secondary N) is 1. The number of nitrogens with zero attached hydrogens (tertiary/aromatic N) is 2. The first kappa shape index (κ1) is 17.8. The molecule has 134 valence electrons. The van der Waals surface area contributed by atoms with E-state index in [1.54, 1.807) is 12.1 Å². The highest BCUT2D eigenvalue weighted by Gasteiger charge is 2.22. The third-order valence-corrected chi connectivity index (χ3v) is 4.69. The van der Waals surface area contributed by atoms with E-state index in [9.17, 15) is 9.90 Å². The summed E-state index contributed by atoms with van der Waals surface area (Å²) < 4.78 is 5.15. The predicted octanol–water partition coefficient (Wildman–Crippen LogP) is 2.65. The zero-order valence-electron chi connectivity index (χ0n) is 14.4. The summed E-state index contributed by atoms with van der Waals surface area (Å²) in [6, 6.07) is 3.49. The molecule has 1 aromatic heterocycles. The lowest BCUT2D eigenvalue weighted by Crippen LogP contribution is -2.35. The Balaban J connectivity index is 1.80. The summed E-state index contributed by atoms with van der Waals surface area (Å²) >= 11 is 6.06. The van der Waals surface area contributed by atoms with Crippen molar-refractivity contribution in [1.29, 1.82) is 0 Å².